The van der Waals surface area contributed by atoms with Crippen molar-refractivity contribution in [3.63, 3.8) is 0 Å². The Morgan fingerprint density at radius 1 is 1.53 bits per heavy atom. The van der Waals surface area contributed by atoms with Crippen molar-refractivity contribution in [1.82, 2.24) is 9.88 Å². The van der Waals surface area contributed by atoms with Gasteiger partial charge in [-0.3, -0.25) is 0 Å². The van der Waals surface area contributed by atoms with Gasteiger partial charge in [-0.1, -0.05) is 6.92 Å². The molecule has 1 aromatic heterocycles. The van der Waals surface area contributed by atoms with E-state index in [0.717, 1.165) is 32.8 Å². The van der Waals surface area contributed by atoms with Crippen molar-refractivity contribution in [2.45, 2.75) is 39.3 Å². The molecule has 1 unspecified atom stereocenters. The fourth-order valence-corrected chi connectivity index (χ4v) is 2.38. The molecule has 0 aliphatic carbocycles. The Balaban J connectivity index is 1.66. The van der Waals surface area contributed by atoms with E-state index in [2.05, 4.69) is 35.3 Å². The van der Waals surface area contributed by atoms with Crippen LogP contribution < -0.4 is 5.32 Å². The maximum atomic E-state index is 5.48. The van der Waals surface area contributed by atoms with Crippen molar-refractivity contribution in [3.05, 3.63) is 24.0 Å². The summed E-state index contributed by atoms with van der Waals surface area (Å²) in [5.41, 5.74) is 1.38. The molecule has 1 fully saturated rings. The summed E-state index contributed by atoms with van der Waals surface area (Å²) in [5.74, 6) is 0.710. The van der Waals surface area contributed by atoms with Crippen molar-refractivity contribution >= 4 is 0 Å². The van der Waals surface area contributed by atoms with E-state index in [1.165, 1.54) is 24.8 Å². The first-order chi connectivity index (χ1) is 8.38. The highest BCUT2D eigenvalue weighted by molar-refractivity contribution is 5.09. The molecule has 0 amide bonds. The maximum absolute atomic E-state index is 5.48. The summed E-state index contributed by atoms with van der Waals surface area (Å²) in [6.45, 7) is 7.28. The van der Waals surface area contributed by atoms with Crippen molar-refractivity contribution in [2.75, 3.05) is 19.8 Å². The van der Waals surface area contributed by atoms with E-state index in [1.54, 1.807) is 0 Å². The van der Waals surface area contributed by atoms with E-state index in [0.29, 0.717) is 5.92 Å². The van der Waals surface area contributed by atoms with E-state index in [-0.39, 0.29) is 0 Å². The Labute approximate surface area is 104 Å². The fourth-order valence-electron chi connectivity index (χ4n) is 2.38. The van der Waals surface area contributed by atoms with Gasteiger partial charge in [0, 0.05) is 38.6 Å². The molecule has 0 radical (unpaired) electrons. The van der Waals surface area contributed by atoms with Crippen molar-refractivity contribution in [2.24, 2.45) is 5.92 Å². The number of aromatic nitrogens is 1. The second-order valence-corrected chi connectivity index (χ2v) is 4.97. The summed E-state index contributed by atoms with van der Waals surface area (Å²) < 4.78 is 7.74. The number of nitrogens with one attached hydrogen (secondary N) is 1. The van der Waals surface area contributed by atoms with E-state index in [1.807, 2.05) is 0 Å². The van der Waals surface area contributed by atoms with Gasteiger partial charge in [-0.25, -0.2) is 0 Å². The van der Waals surface area contributed by atoms with E-state index in [4.69, 9.17) is 4.74 Å². The first-order valence-corrected chi connectivity index (χ1v) is 6.81. The predicted molar refractivity (Wildman–Crippen MR) is 70.0 cm³/mol. The number of aryl methyl sites for hydroxylation is 1. The van der Waals surface area contributed by atoms with E-state index >= 15 is 0 Å². The molecule has 0 bridgehead atoms. The van der Waals surface area contributed by atoms with Crippen LogP contribution in [0, 0.1) is 5.92 Å². The van der Waals surface area contributed by atoms with Gasteiger partial charge in [-0.2, -0.15) is 0 Å². The van der Waals surface area contributed by atoms with Gasteiger partial charge >= 0.3 is 0 Å². The minimum Gasteiger partial charge on any atom is -0.381 e. The standard InChI is InChI=1S/C14H24N2O/c1-2-6-16-7-5-13(11-16)9-15-10-14-4-3-8-17-12-14/h5,7,11,14-15H,2-4,6,8-10,12H2,1H3. The van der Waals surface area contributed by atoms with Gasteiger partial charge in [0.1, 0.15) is 0 Å². The van der Waals surface area contributed by atoms with Gasteiger partial charge in [0.2, 0.25) is 0 Å². The molecule has 2 heterocycles. The van der Waals surface area contributed by atoms with Crippen LogP contribution in [0.5, 0.6) is 0 Å². The van der Waals surface area contributed by atoms with Gasteiger partial charge in [0.05, 0.1) is 6.61 Å². The first kappa shape index (κ1) is 12.7. The third kappa shape index (κ3) is 4.17. The largest absolute Gasteiger partial charge is 0.381 e. The smallest absolute Gasteiger partial charge is 0.0506 e. The normalized spacial score (nSPS) is 20.6. The third-order valence-corrected chi connectivity index (χ3v) is 3.31. The third-order valence-electron chi connectivity index (χ3n) is 3.31. The molecular formula is C14H24N2O. The highest BCUT2D eigenvalue weighted by atomic mass is 16.5. The monoisotopic (exact) mass is 236 g/mol. The van der Waals surface area contributed by atoms with Crippen LogP contribution in [0.3, 0.4) is 0 Å². The van der Waals surface area contributed by atoms with Crippen molar-refractivity contribution in [1.29, 1.82) is 0 Å². The highest BCUT2D eigenvalue weighted by Crippen LogP contribution is 2.12. The lowest BCUT2D eigenvalue weighted by Gasteiger charge is -2.22. The maximum Gasteiger partial charge on any atom is 0.0506 e. The van der Waals surface area contributed by atoms with E-state index < -0.39 is 0 Å². The van der Waals surface area contributed by atoms with Crippen LogP contribution in [0.25, 0.3) is 0 Å². The van der Waals surface area contributed by atoms with Crippen LogP contribution in [0.2, 0.25) is 0 Å². The summed E-state index contributed by atoms with van der Waals surface area (Å²) in [6.07, 6.45) is 8.14. The van der Waals surface area contributed by atoms with Crippen LogP contribution in [-0.4, -0.2) is 24.3 Å². The molecule has 96 valence electrons. The molecule has 1 aromatic rings. The molecule has 3 heteroatoms. The first-order valence-electron chi connectivity index (χ1n) is 6.81. The Morgan fingerprint density at radius 2 is 2.47 bits per heavy atom. The molecule has 0 saturated carbocycles. The van der Waals surface area contributed by atoms with Crippen LogP contribution in [0.15, 0.2) is 18.5 Å². The van der Waals surface area contributed by atoms with Gasteiger partial charge in [-0.15, -0.1) is 0 Å². The molecule has 1 saturated heterocycles. The Morgan fingerprint density at radius 3 is 3.24 bits per heavy atom. The molecule has 1 atom stereocenters. The van der Waals surface area contributed by atoms with Gasteiger partial charge in [-0.05, 0) is 36.8 Å². The van der Waals surface area contributed by atoms with Crippen LogP contribution in [0.4, 0.5) is 0 Å². The zero-order valence-electron chi connectivity index (χ0n) is 10.8. The Kier molecular flexibility index (Phi) is 5.08. The second-order valence-electron chi connectivity index (χ2n) is 4.97. The number of nitrogens with zero attached hydrogens (tertiary/aromatic N) is 1. The van der Waals surface area contributed by atoms with E-state index in [9.17, 15) is 0 Å². The molecule has 1 N–H and O–H groups in total. The fraction of sp³-hybridized carbons (Fsp3) is 0.714. The Hall–Kier alpha value is -0.800. The van der Waals surface area contributed by atoms with Crippen LogP contribution >= 0.6 is 0 Å². The lowest BCUT2D eigenvalue weighted by molar-refractivity contribution is 0.0547. The average molecular weight is 236 g/mol. The summed E-state index contributed by atoms with van der Waals surface area (Å²) in [7, 11) is 0. The van der Waals surface area contributed by atoms with Gasteiger partial charge < -0.3 is 14.6 Å². The predicted octanol–water partition coefficient (Wildman–Crippen LogP) is 2.41. The molecule has 2 rings (SSSR count). The van der Waals surface area contributed by atoms with Crippen LogP contribution in [0.1, 0.15) is 31.7 Å². The molecule has 17 heavy (non-hydrogen) atoms. The number of hydrogen-bond acceptors (Lipinski definition) is 2. The van der Waals surface area contributed by atoms with Gasteiger partial charge in [0.15, 0.2) is 0 Å². The molecular weight excluding hydrogens is 212 g/mol. The molecule has 1 aliphatic heterocycles. The molecule has 3 nitrogen and oxygen atoms in total. The lowest BCUT2D eigenvalue weighted by atomic mass is 10.0. The number of hydrogen-bond donors (Lipinski definition) is 1. The van der Waals surface area contributed by atoms with Crippen molar-refractivity contribution in [3.8, 4) is 0 Å². The average Bonchev–Trinajstić information content (AvgIpc) is 2.79. The molecule has 0 aromatic carbocycles. The topological polar surface area (TPSA) is 26.2 Å². The molecule has 1 aliphatic rings. The summed E-state index contributed by atoms with van der Waals surface area (Å²) in [4.78, 5) is 0. The minimum atomic E-state index is 0.710. The summed E-state index contributed by atoms with van der Waals surface area (Å²) in [6, 6.07) is 2.21. The second kappa shape index (κ2) is 6.82. The minimum absolute atomic E-state index is 0.710. The quantitative estimate of drug-likeness (QED) is 0.821. The van der Waals surface area contributed by atoms with Gasteiger partial charge in [0.25, 0.3) is 0 Å². The van der Waals surface area contributed by atoms with Crippen LogP contribution in [-0.2, 0) is 17.8 Å². The summed E-state index contributed by atoms with van der Waals surface area (Å²) in [5, 5.41) is 3.53. The number of rotatable bonds is 6. The lowest BCUT2D eigenvalue weighted by Crippen LogP contribution is -2.28. The zero-order valence-corrected chi connectivity index (χ0v) is 10.8. The van der Waals surface area contributed by atoms with Crippen molar-refractivity contribution < 1.29 is 4.74 Å². The summed E-state index contributed by atoms with van der Waals surface area (Å²) >= 11 is 0. The SMILES string of the molecule is CCCn1ccc(CNCC2CCCOC2)c1. The highest BCUT2D eigenvalue weighted by Gasteiger charge is 2.12. The number of ether oxygens (including phenoxy) is 1. The zero-order chi connectivity index (χ0) is 11.9. The molecule has 0 spiro atoms. The Bertz CT molecular complexity index is 316.